The third-order valence-corrected chi connectivity index (χ3v) is 13.7. The van der Waals surface area contributed by atoms with Crippen molar-refractivity contribution in [1.29, 1.82) is 0 Å². The van der Waals surface area contributed by atoms with Crippen LogP contribution in [0, 0.1) is 0 Å². The molecule has 14 heteroatoms. The Morgan fingerprint density at radius 2 is 0.783 bits per heavy atom. The minimum Gasteiger partial charge on any atom is -0.485 e. The Bertz CT molecular complexity index is 3400. The standard InChI is InChI=1S/C69H64O14/c1-4-36-73-62-57-46-81-67(70)53-38-55(75-40-47-24-12-6-13-25-47)60(77-42-49-28-16-8-17-29-49)63(79-44-51-32-20-10-21-33-51)58(53)59-54(68(71)83-65(62)66(74-37-5-2)69(72-3)82-57)39-56(76-41-48-26-14-7-15-27-48)61(78-43-50-30-18-9-19-31-50)64(59)80-45-52-34-22-11-23-35-52/h4-35,38-39,57,62,65-66,69H,1-2,36-37,40-46H2,3H3/t57-,62?,65?,66-,69?/m1/s1. The Hall–Kier alpha value is -9.18. The van der Waals surface area contributed by atoms with E-state index in [1.165, 1.54) is 19.2 Å². The molecular formula is C69H64O14. The predicted octanol–water partition coefficient (Wildman–Crippen LogP) is 13.0. The molecule has 8 aromatic carbocycles. The third kappa shape index (κ3) is 14.3. The Morgan fingerprint density at radius 3 is 1.14 bits per heavy atom. The highest BCUT2D eigenvalue weighted by molar-refractivity contribution is 6.08. The number of hydrogen-bond donors (Lipinski definition) is 0. The summed E-state index contributed by atoms with van der Waals surface area (Å²) >= 11 is 0. The Kier molecular flexibility index (Phi) is 19.6. The SMILES string of the molecule is C=CCOC1C2OC(=O)c3cc(OCc4ccccc4)c(OCc4ccccc4)c(OCc4ccccc4)c3-c3c(cc(OCc4ccccc4)c(OCc4ccccc4)c3OCc3ccccc3)C(=O)OC[C@H]1OC(OC)[C@@H]2OCC=C. The first-order chi connectivity index (χ1) is 40.9. The lowest BCUT2D eigenvalue weighted by atomic mass is 9.91. The van der Waals surface area contributed by atoms with Gasteiger partial charge in [0, 0.05) is 18.2 Å². The van der Waals surface area contributed by atoms with Crippen molar-refractivity contribution in [2.24, 2.45) is 0 Å². The van der Waals surface area contributed by atoms with Crippen molar-refractivity contribution in [2.75, 3.05) is 26.9 Å². The molecule has 0 saturated carbocycles. The first kappa shape index (κ1) is 57.1. The first-order valence-electron chi connectivity index (χ1n) is 27.3. The van der Waals surface area contributed by atoms with E-state index in [1.54, 1.807) is 12.2 Å². The van der Waals surface area contributed by atoms with Gasteiger partial charge in [-0.3, -0.25) is 0 Å². The average Bonchev–Trinajstić information content (AvgIpc) is 1.80. The van der Waals surface area contributed by atoms with Crippen LogP contribution in [0.5, 0.6) is 34.5 Å². The van der Waals surface area contributed by atoms with Crippen LogP contribution in [0.1, 0.15) is 54.1 Å². The highest BCUT2D eigenvalue weighted by Crippen LogP contribution is 2.56. The number of carbonyl (C=O) groups excluding carboxylic acids is 2. The molecule has 10 rings (SSSR count). The van der Waals surface area contributed by atoms with Crippen LogP contribution in [0.25, 0.3) is 11.1 Å². The van der Waals surface area contributed by atoms with Crippen LogP contribution < -0.4 is 28.4 Å². The smallest absolute Gasteiger partial charge is 0.339 e. The average molecular weight is 1120 g/mol. The summed E-state index contributed by atoms with van der Waals surface area (Å²) in [6.07, 6.45) is -2.64. The van der Waals surface area contributed by atoms with Crippen LogP contribution >= 0.6 is 0 Å². The zero-order chi connectivity index (χ0) is 57.2. The van der Waals surface area contributed by atoms with Crippen LogP contribution in [0.4, 0.5) is 0 Å². The molecule has 0 amide bonds. The lowest BCUT2D eigenvalue weighted by Gasteiger charge is -2.44. The van der Waals surface area contributed by atoms with E-state index in [1.807, 2.05) is 182 Å². The number of carbonyl (C=O) groups is 2. The molecule has 2 heterocycles. The molecule has 1 saturated heterocycles. The molecule has 0 aromatic heterocycles. The maximum Gasteiger partial charge on any atom is 0.339 e. The molecule has 2 bridgehead atoms. The van der Waals surface area contributed by atoms with Crippen LogP contribution in [0.15, 0.2) is 219 Å². The number of benzene rings is 8. The molecule has 1 fully saturated rings. The fraction of sp³-hybridized carbons (Fsp3) is 0.217. The molecule has 83 heavy (non-hydrogen) atoms. The van der Waals surface area contributed by atoms with Gasteiger partial charge in [-0.05, 0) is 45.5 Å². The van der Waals surface area contributed by atoms with Crippen LogP contribution in [0.3, 0.4) is 0 Å². The van der Waals surface area contributed by atoms with Gasteiger partial charge in [-0.1, -0.05) is 194 Å². The van der Waals surface area contributed by atoms with E-state index >= 15 is 9.59 Å². The number of rotatable bonds is 25. The van der Waals surface area contributed by atoms with Gasteiger partial charge in [-0.2, -0.15) is 0 Å². The second kappa shape index (κ2) is 28.5. The van der Waals surface area contributed by atoms with Crippen LogP contribution in [-0.4, -0.2) is 69.6 Å². The fourth-order valence-corrected chi connectivity index (χ4v) is 9.70. The van der Waals surface area contributed by atoms with Crippen molar-refractivity contribution in [2.45, 2.75) is 70.3 Å². The molecule has 2 aliphatic rings. The van der Waals surface area contributed by atoms with E-state index in [9.17, 15) is 0 Å². The van der Waals surface area contributed by atoms with E-state index in [0.717, 1.165) is 33.4 Å². The van der Waals surface area contributed by atoms with E-state index in [-0.39, 0.29) is 110 Å². The lowest BCUT2D eigenvalue weighted by Crippen LogP contribution is -2.62. The van der Waals surface area contributed by atoms with Gasteiger partial charge in [0.2, 0.25) is 11.5 Å². The van der Waals surface area contributed by atoms with Crippen molar-refractivity contribution >= 4 is 11.9 Å². The number of cyclic esters (lactones) is 1. The fourth-order valence-electron chi connectivity index (χ4n) is 9.70. The van der Waals surface area contributed by atoms with Crippen molar-refractivity contribution < 1.29 is 66.4 Å². The second-order valence-corrected chi connectivity index (χ2v) is 19.5. The van der Waals surface area contributed by atoms with Gasteiger partial charge in [0.15, 0.2) is 35.4 Å². The number of esters is 2. The topological polar surface area (TPSA) is 145 Å². The first-order valence-corrected chi connectivity index (χ1v) is 27.3. The summed E-state index contributed by atoms with van der Waals surface area (Å²) in [5.41, 5.74) is 4.59. The van der Waals surface area contributed by atoms with Crippen molar-refractivity contribution in [3.8, 4) is 45.6 Å². The van der Waals surface area contributed by atoms with E-state index in [4.69, 9.17) is 56.8 Å². The van der Waals surface area contributed by atoms with E-state index in [0.29, 0.717) is 0 Å². The molecular weight excluding hydrogens is 1050 g/mol. The largest absolute Gasteiger partial charge is 0.485 e. The molecule has 0 N–H and O–H groups in total. The van der Waals surface area contributed by atoms with Gasteiger partial charge in [0.1, 0.15) is 64.6 Å². The van der Waals surface area contributed by atoms with Gasteiger partial charge in [0.05, 0.1) is 24.3 Å². The number of ether oxygens (including phenoxy) is 12. The van der Waals surface area contributed by atoms with E-state index < -0.39 is 49.3 Å². The normalized spacial score (nSPS) is 17.4. The molecule has 0 aliphatic carbocycles. The molecule has 14 nitrogen and oxygen atoms in total. The van der Waals surface area contributed by atoms with Crippen LogP contribution in [-0.2, 0) is 68.1 Å². The Labute approximate surface area is 483 Å². The highest BCUT2D eigenvalue weighted by atomic mass is 16.7. The zero-order valence-electron chi connectivity index (χ0n) is 46.0. The Balaban J connectivity index is 1.30. The molecule has 5 atom stereocenters. The molecule has 3 unspecified atom stereocenters. The van der Waals surface area contributed by atoms with Crippen LogP contribution in [0.2, 0.25) is 0 Å². The highest BCUT2D eigenvalue weighted by Gasteiger charge is 2.51. The van der Waals surface area contributed by atoms with Crippen molar-refractivity contribution in [1.82, 2.24) is 0 Å². The number of hydrogen-bond acceptors (Lipinski definition) is 14. The summed E-state index contributed by atoms with van der Waals surface area (Å²) in [5, 5.41) is 0. The summed E-state index contributed by atoms with van der Waals surface area (Å²) in [4.78, 5) is 32.1. The molecule has 2 aliphatic heterocycles. The summed E-state index contributed by atoms with van der Waals surface area (Å²) in [6, 6.07) is 60.4. The second-order valence-electron chi connectivity index (χ2n) is 19.5. The van der Waals surface area contributed by atoms with Gasteiger partial charge >= 0.3 is 11.9 Å². The van der Waals surface area contributed by atoms with Gasteiger partial charge < -0.3 is 56.8 Å². The maximum absolute atomic E-state index is 16.3. The monoisotopic (exact) mass is 1120 g/mol. The number of fused-ring (bicyclic) bond motifs is 5. The summed E-state index contributed by atoms with van der Waals surface area (Å²) in [7, 11) is 1.44. The van der Waals surface area contributed by atoms with Gasteiger partial charge in [-0.15, -0.1) is 13.2 Å². The zero-order valence-corrected chi connectivity index (χ0v) is 46.0. The summed E-state index contributed by atoms with van der Waals surface area (Å²) in [5.74, 6) is -1.37. The lowest BCUT2D eigenvalue weighted by molar-refractivity contribution is -0.306. The molecule has 424 valence electrons. The minimum atomic E-state index is -1.28. The van der Waals surface area contributed by atoms with Crippen molar-refractivity contribution in [3.05, 3.63) is 264 Å². The molecule has 0 radical (unpaired) electrons. The van der Waals surface area contributed by atoms with Crippen molar-refractivity contribution in [3.63, 3.8) is 0 Å². The molecule has 0 spiro atoms. The Morgan fingerprint density at radius 1 is 0.446 bits per heavy atom. The minimum absolute atomic E-state index is 0.000191. The third-order valence-electron chi connectivity index (χ3n) is 13.7. The predicted molar refractivity (Wildman–Crippen MR) is 312 cm³/mol. The molecule has 8 aromatic rings. The van der Waals surface area contributed by atoms with Gasteiger partial charge in [0.25, 0.3) is 0 Å². The maximum atomic E-state index is 16.3. The number of methoxy groups -OCH3 is 1. The summed E-state index contributed by atoms with van der Waals surface area (Å²) in [6.45, 7) is 7.35. The summed E-state index contributed by atoms with van der Waals surface area (Å²) < 4.78 is 80.2. The quantitative estimate of drug-likeness (QED) is 0.0395. The van der Waals surface area contributed by atoms with E-state index in [2.05, 4.69) is 13.2 Å². The van der Waals surface area contributed by atoms with Gasteiger partial charge in [-0.25, -0.2) is 9.59 Å².